The van der Waals surface area contributed by atoms with Crippen molar-refractivity contribution in [3.63, 3.8) is 0 Å². The van der Waals surface area contributed by atoms with E-state index in [2.05, 4.69) is 0 Å². The molecule has 1 aromatic heterocycles. The van der Waals surface area contributed by atoms with Crippen LogP contribution in [0.2, 0.25) is 0 Å². The average molecular weight is 317 g/mol. The lowest BCUT2D eigenvalue weighted by Gasteiger charge is -2.11. The van der Waals surface area contributed by atoms with Gasteiger partial charge in [-0.15, -0.1) is 0 Å². The van der Waals surface area contributed by atoms with Crippen LogP contribution in [0, 0.1) is 0 Å². The number of ether oxygens (including phenoxy) is 3. The number of aryl methyl sites for hydroxylation is 1. The molecule has 0 aliphatic rings. The zero-order chi connectivity index (χ0) is 16.7. The third-order valence-corrected chi connectivity index (χ3v) is 3.33. The Balaban J connectivity index is 1.92. The van der Waals surface area contributed by atoms with Gasteiger partial charge in [-0.1, -0.05) is 6.07 Å². The molecule has 0 saturated heterocycles. The van der Waals surface area contributed by atoms with Gasteiger partial charge in [0.2, 0.25) is 0 Å². The molecule has 0 saturated carbocycles. The first-order valence-electron chi connectivity index (χ1n) is 7.16. The van der Waals surface area contributed by atoms with Gasteiger partial charge in [0.15, 0.2) is 0 Å². The summed E-state index contributed by atoms with van der Waals surface area (Å²) in [5, 5.41) is 0. The Kier molecular flexibility index (Phi) is 5.80. The molecule has 0 radical (unpaired) electrons. The second-order valence-electron chi connectivity index (χ2n) is 4.82. The standard InChI is InChI=1S/C17H19NO5/c1-21-14-6-7-15(22-2)13(11-14)12-23-17(20)8-10-18-9-4-3-5-16(18)19/h3-7,9,11H,8,10,12H2,1-2H3. The predicted octanol–water partition coefficient (Wildman–Crippen LogP) is 2.00. The summed E-state index contributed by atoms with van der Waals surface area (Å²) in [6.07, 6.45) is 1.76. The number of methoxy groups -OCH3 is 2. The normalized spacial score (nSPS) is 10.2. The third kappa shape index (κ3) is 4.60. The minimum atomic E-state index is -0.384. The van der Waals surface area contributed by atoms with Crippen molar-refractivity contribution in [3.8, 4) is 11.5 Å². The van der Waals surface area contributed by atoms with Crippen LogP contribution in [0.4, 0.5) is 0 Å². The summed E-state index contributed by atoms with van der Waals surface area (Å²) in [5.74, 6) is 0.899. The van der Waals surface area contributed by atoms with E-state index in [1.165, 1.54) is 10.6 Å². The number of rotatable bonds is 7. The molecule has 0 aliphatic carbocycles. The Morgan fingerprint density at radius 2 is 1.96 bits per heavy atom. The zero-order valence-corrected chi connectivity index (χ0v) is 13.2. The molecule has 0 bridgehead atoms. The fraction of sp³-hybridized carbons (Fsp3) is 0.294. The molecule has 6 heteroatoms. The number of pyridine rings is 1. The highest BCUT2D eigenvalue weighted by atomic mass is 16.5. The highest BCUT2D eigenvalue weighted by molar-refractivity contribution is 5.69. The van der Waals surface area contributed by atoms with Crippen LogP contribution in [-0.2, 0) is 22.7 Å². The number of aromatic nitrogens is 1. The number of carbonyl (C=O) groups is 1. The predicted molar refractivity (Wildman–Crippen MR) is 84.7 cm³/mol. The average Bonchev–Trinajstić information content (AvgIpc) is 2.58. The lowest BCUT2D eigenvalue weighted by Crippen LogP contribution is -2.20. The van der Waals surface area contributed by atoms with Crippen LogP contribution in [0.15, 0.2) is 47.4 Å². The van der Waals surface area contributed by atoms with Crippen molar-refractivity contribution in [1.82, 2.24) is 4.57 Å². The van der Waals surface area contributed by atoms with Gasteiger partial charge >= 0.3 is 5.97 Å². The fourth-order valence-electron chi connectivity index (χ4n) is 2.08. The van der Waals surface area contributed by atoms with Crippen molar-refractivity contribution in [3.05, 3.63) is 58.5 Å². The van der Waals surface area contributed by atoms with Gasteiger partial charge in [-0.2, -0.15) is 0 Å². The van der Waals surface area contributed by atoms with Gasteiger partial charge in [0.05, 0.1) is 20.6 Å². The first-order chi connectivity index (χ1) is 11.1. The summed E-state index contributed by atoms with van der Waals surface area (Å²) in [5.41, 5.74) is 0.576. The minimum absolute atomic E-state index is 0.0862. The van der Waals surface area contributed by atoms with E-state index in [1.807, 2.05) is 0 Å². The maximum atomic E-state index is 11.8. The van der Waals surface area contributed by atoms with Gasteiger partial charge in [0, 0.05) is 24.4 Å². The molecule has 0 spiro atoms. The van der Waals surface area contributed by atoms with Crippen molar-refractivity contribution >= 4 is 5.97 Å². The second kappa shape index (κ2) is 8.03. The Morgan fingerprint density at radius 3 is 2.65 bits per heavy atom. The Morgan fingerprint density at radius 1 is 1.13 bits per heavy atom. The zero-order valence-electron chi connectivity index (χ0n) is 13.2. The molecular weight excluding hydrogens is 298 g/mol. The maximum Gasteiger partial charge on any atom is 0.307 e. The van der Waals surface area contributed by atoms with Gasteiger partial charge in [0.1, 0.15) is 18.1 Å². The van der Waals surface area contributed by atoms with E-state index in [-0.39, 0.29) is 31.1 Å². The SMILES string of the molecule is COc1ccc(OC)c(COC(=O)CCn2ccccc2=O)c1. The van der Waals surface area contributed by atoms with E-state index in [0.717, 1.165) is 5.56 Å². The van der Waals surface area contributed by atoms with Gasteiger partial charge in [0.25, 0.3) is 5.56 Å². The number of hydrogen-bond acceptors (Lipinski definition) is 5. The highest BCUT2D eigenvalue weighted by Crippen LogP contribution is 2.24. The molecule has 0 unspecified atom stereocenters. The highest BCUT2D eigenvalue weighted by Gasteiger charge is 2.09. The van der Waals surface area contributed by atoms with Crippen molar-refractivity contribution in [2.45, 2.75) is 19.6 Å². The number of hydrogen-bond donors (Lipinski definition) is 0. The van der Waals surface area contributed by atoms with Crippen LogP contribution >= 0.6 is 0 Å². The molecule has 6 nitrogen and oxygen atoms in total. The van der Waals surface area contributed by atoms with Crippen molar-refractivity contribution in [2.24, 2.45) is 0 Å². The fourth-order valence-corrected chi connectivity index (χ4v) is 2.08. The first kappa shape index (κ1) is 16.6. The monoisotopic (exact) mass is 317 g/mol. The van der Waals surface area contributed by atoms with E-state index >= 15 is 0 Å². The quantitative estimate of drug-likeness (QED) is 0.731. The summed E-state index contributed by atoms with van der Waals surface area (Å²) in [4.78, 5) is 23.4. The molecular formula is C17H19NO5. The van der Waals surface area contributed by atoms with Gasteiger partial charge in [-0.3, -0.25) is 9.59 Å². The van der Waals surface area contributed by atoms with E-state index < -0.39 is 0 Å². The van der Waals surface area contributed by atoms with Crippen LogP contribution in [0.5, 0.6) is 11.5 Å². The largest absolute Gasteiger partial charge is 0.497 e. The summed E-state index contributed by atoms with van der Waals surface area (Å²) >= 11 is 0. The Labute approximate surface area is 134 Å². The molecule has 0 N–H and O–H groups in total. The van der Waals surface area contributed by atoms with Crippen LogP contribution in [0.3, 0.4) is 0 Å². The molecule has 2 aromatic rings. The van der Waals surface area contributed by atoms with Crippen LogP contribution in [0.25, 0.3) is 0 Å². The lowest BCUT2D eigenvalue weighted by atomic mass is 10.2. The van der Waals surface area contributed by atoms with Crippen molar-refractivity contribution in [2.75, 3.05) is 14.2 Å². The molecule has 0 aliphatic heterocycles. The number of nitrogens with zero attached hydrogens (tertiary/aromatic N) is 1. The van der Waals surface area contributed by atoms with E-state index in [1.54, 1.807) is 50.7 Å². The van der Waals surface area contributed by atoms with Crippen molar-refractivity contribution < 1.29 is 19.0 Å². The maximum absolute atomic E-state index is 11.8. The first-order valence-corrected chi connectivity index (χ1v) is 7.16. The molecule has 1 heterocycles. The number of esters is 1. The summed E-state index contributed by atoms with van der Waals surface area (Å²) in [6.45, 7) is 0.372. The molecule has 23 heavy (non-hydrogen) atoms. The van der Waals surface area contributed by atoms with Gasteiger partial charge in [-0.05, 0) is 24.3 Å². The molecule has 0 atom stereocenters. The van der Waals surface area contributed by atoms with Crippen LogP contribution < -0.4 is 15.0 Å². The van der Waals surface area contributed by atoms with Crippen LogP contribution in [-0.4, -0.2) is 24.8 Å². The van der Waals surface area contributed by atoms with E-state index in [0.29, 0.717) is 11.5 Å². The molecule has 0 fully saturated rings. The van der Waals surface area contributed by atoms with E-state index in [4.69, 9.17) is 14.2 Å². The third-order valence-electron chi connectivity index (χ3n) is 3.33. The Bertz CT molecular complexity index is 723. The molecule has 2 rings (SSSR count). The number of benzene rings is 1. The molecule has 0 amide bonds. The summed E-state index contributed by atoms with van der Waals surface area (Å²) in [7, 11) is 3.12. The second-order valence-corrected chi connectivity index (χ2v) is 4.82. The van der Waals surface area contributed by atoms with Crippen LogP contribution in [0.1, 0.15) is 12.0 Å². The minimum Gasteiger partial charge on any atom is -0.497 e. The Hall–Kier alpha value is -2.76. The summed E-state index contributed by atoms with van der Waals surface area (Å²) in [6, 6.07) is 10.1. The summed E-state index contributed by atoms with van der Waals surface area (Å²) < 4.78 is 17.1. The van der Waals surface area contributed by atoms with Crippen molar-refractivity contribution in [1.29, 1.82) is 0 Å². The topological polar surface area (TPSA) is 66.8 Å². The molecule has 122 valence electrons. The molecule has 1 aromatic carbocycles. The number of carbonyl (C=O) groups excluding carboxylic acids is 1. The smallest absolute Gasteiger partial charge is 0.307 e. The van der Waals surface area contributed by atoms with Gasteiger partial charge < -0.3 is 18.8 Å². The lowest BCUT2D eigenvalue weighted by molar-refractivity contribution is -0.145. The van der Waals surface area contributed by atoms with E-state index in [9.17, 15) is 9.59 Å². The van der Waals surface area contributed by atoms with Gasteiger partial charge in [-0.25, -0.2) is 0 Å².